The highest BCUT2D eigenvalue weighted by molar-refractivity contribution is 7.17. The Hall–Kier alpha value is -1.72. The summed E-state index contributed by atoms with van der Waals surface area (Å²) in [5.74, 6) is -0.192. The van der Waals surface area contributed by atoms with Crippen molar-refractivity contribution in [2.75, 3.05) is 0 Å². The van der Waals surface area contributed by atoms with Crippen molar-refractivity contribution >= 4 is 34.6 Å². The first-order valence-electron chi connectivity index (χ1n) is 7.04. The van der Waals surface area contributed by atoms with Crippen molar-refractivity contribution in [1.82, 2.24) is 4.98 Å². The van der Waals surface area contributed by atoms with Crippen LogP contribution < -0.4 is 0 Å². The molecule has 0 spiro atoms. The van der Waals surface area contributed by atoms with Crippen LogP contribution in [0.2, 0.25) is 5.02 Å². The lowest BCUT2D eigenvalue weighted by atomic mass is 10.2. The standard InChI is InChI=1S/C16H15ClN2O2S/c1-9-14(10(2)19-21-16(20)12-3-4-12)22-15(18-9)11-5-7-13(17)8-6-11/h5-8,12H,3-4H2,1-2H3. The Morgan fingerprint density at radius 3 is 2.68 bits per heavy atom. The number of hydrogen-bond donors (Lipinski definition) is 0. The fourth-order valence-electron chi connectivity index (χ4n) is 2.00. The van der Waals surface area contributed by atoms with Gasteiger partial charge in [0.25, 0.3) is 0 Å². The van der Waals surface area contributed by atoms with Crippen molar-refractivity contribution in [2.45, 2.75) is 26.7 Å². The van der Waals surface area contributed by atoms with Gasteiger partial charge in [-0.2, -0.15) is 0 Å². The number of aromatic nitrogens is 1. The molecule has 1 aliphatic carbocycles. The highest BCUT2D eigenvalue weighted by Crippen LogP contribution is 2.31. The SMILES string of the molecule is CC(=NOC(=O)C1CC1)c1sc(-c2ccc(Cl)cc2)nc1C. The van der Waals surface area contributed by atoms with E-state index in [-0.39, 0.29) is 11.9 Å². The molecule has 0 aliphatic heterocycles. The van der Waals surface area contributed by atoms with Crippen molar-refractivity contribution in [3.63, 3.8) is 0 Å². The number of benzene rings is 1. The smallest absolute Gasteiger partial charge is 0.318 e. The molecular formula is C16H15ClN2O2S. The van der Waals surface area contributed by atoms with Gasteiger partial charge >= 0.3 is 5.97 Å². The maximum atomic E-state index is 11.5. The molecule has 4 nitrogen and oxygen atoms in total. The molecule has 2 aromatic rings. The van der Waals surface area contributed by atoms with Crippen LogP contribution in [0.5, 0.6) is 0 Å². The second-order valence-electron chi connectivity index (χ2n) is 5.30. The molecule has 1 fully saturated rings. The minimum absolute atomic E-state index is 0.0451. The fourth-order valence-corrected chi connectivity index (χ4v) is 3.13. The van der Waals surface area contributed by atoms with Gasteiger partial charge in [0.15, 0.2) is 0 Å². The summed E-state index contributed by atoms with van der Waals surface area (Å²) in [6, 6.07) is 7.55. The van der Waals surface area contributed by atoms with Crippen LogP contribution in [0.15, 0.2) is 29.4 Å². The minimum atomic E-state index is -0.237. The van der Waals surface area contributed by atoms with Crippen molar-refractivity contribution in [3.8, 4) is 10.6 Å². The normalized spacial score (nSPS) is 15.0. The van der Waals surface area contributed by atoms with Crippen LogP contribution in [0, 0.1) is 12.8 Å². The summed E-state index contributed by atoms with van der Waals surface area (Å²) in [5.41, 5.74) is 2.55. The molecule has 0 radical (unpaired) electrons. The first-order chi connectivity index (χ1) is 10.5. The summed E-state index contributed by atoms with van der Waals surface area (Å²) in [7, 11) is 0. The fraction of sp³-hybridized carbons (Fsp3) is 0.312. The van der Waals surface area contributed by atoms with Crippen LogP contribution in [0.3, 0.4) is 0 Å². The van der Waals surface area contributed by atoms with Crippen LogP contribution in [0.4, 0.5) is 0 Å². The zero-order valence-electron chi connectivity index (χ0n) is 12.3. The van der Waals surface area contributed by atoms with E-state index in [0.29, 0.717) is 10.7 Å². The first-order valence-corrected chi connectivity index (χ1v) is 8.23. The predicted octanol–water partition coefficient (Wildman–Crippen LogP) is 4.45. The molecule has 0 N–H and O–H groups in total. The number of halogens is 1. The Morgan fingerprint density at radius 2 is 2.05 bits per heavy atom. The first kappa shape index (κ1) is 15.2. The number of hydrogen-bond acceptors (Lipinski definition) is 5. The molecule has 3 rings (SSSR count). The second-order valence-corrected chi connectivity index (χ2v) is 6.74. The topological polar surface area (TPSA) is 51.5 Å². The number of oxime groups is 1. The van der Waals surface area contributed by atoms with E-state index in [4.69, 9.17) is 16.4 Å². The molecule has 6 heteroatoms. The molecule has 0 bridgehead atoms. The second kappa shape index (κ2) is 6.18. The van der Waals surface area contributed by atoms with E-state index >= 15 is 0 Å². The van der Waals surface area contributed by atoms with Crippen LogP contribution in [-0.4, -0.2) is 16.7 Å². The lowest BCUT2D eigenvalue weighted by Crippen LogP contribution is -2.04. The van der Waals surface area contributed by atoms with Gasteiger partial charge in [0.1, 0.15) is 5.01 Å². The highest BCUT2D eigenvalue weighted by atomic mass is 35.5. The van der Waals surface area contributed by atoms with Crippen LogP contribution in [-0.2, 0) is 9.63 Å². The monoisotopic (exact) mass is 334 g/mol. The third-order valence-electron chi connectivity index (χ3n) is 3.40. The molecule has 0 atom stereocenters. The van der Waals surface area contributed by atoms with Crippen LogP contribution in [0.1, 0.15) is 30.3 Å². The number of thiazole rings is 1. The number of carbonyl (C=O) groups excluding carboxylic acids is 1. The lowest BCUT2D eigenvalue weighted by molar-refractivity contribution is -0.145. The van der Waals surface area contributed by atoms with Crippen molar-refractivity contribution in [2.24, 2.45) is 11.1 Å². The van der Waals surface area contributed by atoms with Crippen LogP contribution >= 0.6 is 22.9 Å². The van der Waals surface area contributed by atoms with Gasteiger partial charge in [0.05, 0.1) is 22.2 Å². The average molecular weight is 335 g/mol. The summed E-state index contributed by atoms with van der Waals surface area (Å²) in [6.45, 7) is 3.75. The molecule has 114 valence electrons. The summed E-state index contributed by atoms with van der Waals surface area (Å²) in [6.07, 6.45) is 1.82. The minimum Gasteiger partial charge on any atom is -0.318 e. The van der Waals surface area contributed by atoms with Gasteiger partial charge in [0, 0.05) is 10.6 Å². The Kier molecular flexibility index (Phi) is 4.27. The van der Waals surface area contributed by atoms with Gasteiger partial charge in [-0.05, 0) is 38.8 Å². The molecule has 0 saturated heterocycles. The Morgan fingerprint density at radius 1 is 1.36 bits per heavy atom. The molecule has 1 aliphatic rings. The third-order valence-corrected chi connectivity index (χ3v) is 4.97. The van der Waals surface area contributed by atoms with E-state index in [1.54, 1.807) is 0 Å². The van der Waals surface area contributed by atoms with E-state index in [1.807, 2.05) is 38.1 Å². The van der Waals surface area contributed by atoms with E-state index in [2.05, 4.69) is 10.1 Å². The molecule has 0 amide bonds. The molecule has 1 heterocycles. The zero-order valence-corrected chi connectivity index (χ0v) is 13.9. The predicted molar refractivity (Wildman–Crippen MR) is 88.3 cm³/mol. The molecule has 0 unspecified atom stereocenters. The summed E-state index contributed by atoms with van der Waals surface area (Å²) in [4.78, 5) is 22.0. The Balaban J connectivity index is 1.80. The molecule has 1 saturated carbocycles. The number of carbonyl (C=O) groups is 1. The molecule has 22 heavy (non-hydrogen) atoms. The molecular weight excluding hydrogens is 320 g/mol. The Bertz CT molecular complexity index is 733. The van der Waals surface area contributed by atoms with E-state index in [1.165, 1.54) is 11.3 Å². The number of nitrogens with zero attached hydrogens (tertiary/aromatic N) is 2. The molecule has 1 aromatic heterocycles. The third kappa shape index (κ3) is 3.36. The number of rotatable bonds is 4. The summed E-state index contributed by atoms with van der Waals surface area (Å²) in [5, 5.41) is 5.55. The van der Waals surface area contributed by atoms with Crippen molar-refractivity contribution in [3.05, 3.63) is 39.9 Å². The Labute approximate surface area is 137 Å². The van der Waals surface area contributed by atoms with Gasteiger partial charge < -0.3 is 4.84 Å². The summed E-state index contributed by atoms with van der Waals surface area (Å²) >= 11 is 7.43. The van der Waals surface area contributed by atoms with Gasteiger partial charge in [-0.15, -0.1) is 11.3 Å². The van der Waals surface area contributed by atoms with Gasteiger partial charge in [-0.3, -0.25) is 0 Å². The zero-order chi connectivity index (χ0) is 15.7. The van der Waals surface area contributed by atoms with Crippen LogP contribution in [0.25, 0.3) is 10.6 Å². The molecule has 1 aromatic carbocycles. The largest absolute Gasteiger partial charge is 0.338 e. The van der Waals surface area contributed by atoms with E-state index in [0.717, 1.165) is 34.0 Å². The van der Waals surface area contributed by atoms with Gasteiger partial charge in [0.2, 0.25) is 0 Å². The quantitative estimate of drug-likeness (QED) is 0.471. The maximum absolute atomic E-state index is 11.5. The van der Waals surface area contributed by atoms with E-state index in [9.17, 15) is 4.79 Å². The lowest BCUT2D eigenvalue weighted by Gasteiger charge is -1.98. The average Bonchev–Trinajstić information content (AvgIpc) is 3.28. The summed E-state index contributed by atoms with van der Waals surface area (Å²) < 4.78 is 0. The van der Waals surface area contributed by atoms with Gasteiger partial charge in [-0.25, -0.2) is 9.78 Å². The van der Waals surface area contributed by atoms with Crippen molar-refractivity contribution < 1.29 is 9.63 Å². The number of aryl methyl sites for hydroxylation is 1. The maximum Gasteiger partial charge on any atom is 0.338 e. The highest BCUT2D eigenvalue weighted by Gasteiger charge is 2.31. The van der Waals surface area contributed by atoms with Crippen molar-refractivity contribution in [1.29, 1.82) is 0 Å². The van der Waals surface area contributed by atoms with Gasteiger partial charge in [-0.1, -0.05) is 28.9 Å². The van der Waals surface area contributed by atoms with E-state index < -0.39 is 0 Å².